The van der Waals surface area contributed by atoms with Gasteiger partial charge >= 0.3 is 0 Å². The number of hydrogen-bond acceptors (Lipinski definition) is 4. The summed E-state index contributed by atoms with van der Waals surface area (Å²) in [5, 5.41) is 13.6. The fourth-order valence-corrected chi connectivity index (χ4v) is 3.04. The number of halogens is 1. The van der Waals surface area contributed by atoms with Crippen LogP contribution < -0.4 is 16.0 Å². The van der Waals surface area contributed by atoms with E-state index in [0.717, 1.165) is 36.6 Å². The number of nitrogens with one attached hydrogen (secondary N) is 3. The average molecular weight is 527 g/mol. The number of carbonyl (C=O) groups is 1. The highest BCUT2D eigenvalue weighted by Gasteiger charge is 2.15. The predicted molar refractivity (Wildman–Crippen MR) is 133 cm³/mol. The van der Waals surface area contributed by atoms with Gasteiger partial charge in [0, 0.05) is 44.5 Å². The lowest BCUT2D eigenvalue weighted by Crippen LogP contribution is -2.39. The van der Waals surface area contributed by atoms with Crippen molar-refractivity contribution in [2.24, 2.45) is 12.0 Å². The Morgan fingerprint density at radius 1 is 1.30 bits per heavy atom. The van der Waals surface area contributed by atoms with Gasteiger partial charge in [-0.3, -0.25) is 14.5 Å². The molecule has 0 spiro atoms. The Kier molecular flexibility index (Phi) is 11.4. The highest BCUT2D eigenvalue weighted by atomic mass is 127. The van der Waals surface area contributed by atoms with Gasteiger partial charge < -0.3 is 20.9 Å². The molecule has 1 heterocycles. The monoisotopic (exact) mass is 527 g/mol. The Morgan fingerprint density at radius 3 is 2.67 bits per heavy atom. The number of guanidine groups is 1. The van der Waals surface area contributed by atoms with Gasteiger partial charge in [-0.2, -0.15) is 5.10 Å². The average Bonchev–Trinajstić information content (AvgIpc) is 3.13. The van der Waals surface area contributed by atoms with Gasteiger partial charge in [-0.25, -0.2) is 0 Å². The van der Waals surface area contributed by atoms with E-state index >= 15 is 0 Å². The van der Waals surface area contributed by atoms with E-state index in [1.165, 1.54) is 0 Å². The first-order valence-electron chi connectivity index (χ1n) is 9.92. The van der Waals surface area contributed by atoms with Gasteiger partial charge in [0.1, 0.15) is 0 Å². The van der Waals surface area contributed by atoms with Crippen LogP contribution in [0.2, 0.25) is 0 Å². The van der Waals surface area contributed by atoms with Crippen molar-refractivity contribution < 1.29 is 4.79 Å². The second-order valence-corrected chi connectivity index (χ2v) is 7.10. The molecule has 9 heteroatoms. The molecule has 166 valence electrons. The van der Waals surface area contributed by atoms with E-state index in [-0.39, 0.29) is 35.9 Å². The number of aromatic nitrogens is 2. The quantitative estimate of drug-likeness (QED) is 0.263. The zero-order valence-electron chi connectivity index (χ0n) is 18.5. The summed E-state index contributed by atoms with van der Waals surface area (Å²) in [6.45, 7) is 4.19. The van der Waals surface area contributed by atoms with Gasteiger partial charge in [-0.15, -0.1) is 24.0 Å². The second kappa shape index (κ2) is 13.2. The van der Waals surface area contributed by atoms with E-state index in [4.69, 9.17) is 4.99 Å². The number of likely N-dealkylation sites (N-methyl/N-ethyl adjacent to an activating group) is 1. The summed E-state index contributed by atoms with van der Waals surface area (Å²) in [4.78, 5) is 18.7. The maximum absolute atomic E-state index is 11.8. The second-order valence-electron chi connectivity index (χ2n) is 7.10. The lowest BCUT2D eigenvalue weighted by Gasteiger charge is -2.22. The minimum Gasteiger partial charge on any atom is -0.357 e. The Balaban J connectivity index is 0.00000450. The maximum Gasteiger partial charge on any atom is 0.251 e. The number of amides is 1. The number of carbonyl (C=O) groups excluding carboxylic acids is 1. The number of benzene rings is 1. The molecular weight excluding hydrogens is 493 g/mol. The smallest absolute Gasteiger partial charge is 0.251 e. The van der Waals surface area contributed by atoms with Crippen molar-refractivity contribution >= 4 is 35.8 Å². The van der Waals surface area contributed by atoms with Crippen LogP contribution in [0.3, 0.4) is 0 Å². The molecule has 2 rings (SSSR count). The molecule has 1 amide bonds. The number of hydrogen-bond donors (Lipinski definition) is 3. The van der Waals surface area contributed by atoms with Crippen LogP contribution in [-0.2, 0) is 13.5 Å². The minimum atomic E-state index is -0.0696. The molecule has 1 unspecified atom stereocenters. The topological polar surface area (TPSA) is 86.6 Å². The van der Waals surface area contributed by atoms with Crippen molar-refractivity contribution in [3.8, 4) is 0 Å². The first-order valence-corrected chi connectivity index (χ1v) is 9.92. The number of rotatable bonds is 9. The third kappa shape index (κ3) is 7.94. The Morgan fingerprint density at radius 2 is 2.07 bits per heavy atom. The van der Waals surface area contributed by atoms with Crippen molar-refractivity contribution in [2.45, 2.75) is 19.4 Å². The van der Waals surface area contributed by atoms with Crippen LogP contribution in [0.4, 0.5) is 0 Å². The van der Waals surface area contributed by atoms with Gasteiger partial charge in [-0.05, 0) is 45.1 Å². The fourth-order valence-electron chi connectivity index (χ4n) is 3.04. The number of aryl methyl sites for hydroxylation is 1. The van der Waals surface area contributed by atoms with E-state index < -0.39 is 0 Å². The SMILES string of the molecule is CCNC(=NCC(c1cnn(C)c1)N(C)C)NCCc1cccc(C(=O)NC)c1.I. The molecule has 2 aromatic rings. The van der Waals surface area contributed by atoms with Crippen LogP contribution in [0.25, 0.3) is 0 Å². The summed E-state index contributed by atoms with van der Waals surface area (Å²) in [5.74, 6) is 0.713. The maximum atomic E-state index is 11.8. The molecule has 0 fully saturated rings. The molecule has 30 heavy (non-hydrogen) atoms. The van der Waals surface area contributed by atoms with Crippen molar-refractivity contribution in [2.75, 3.05) is 40.8 Å². The van der Waals surface area contributed by atoms with Crippen LogP contribution in [0, 0.1) is 0 Å². The largest absolute Gasteiger partial charge is 0.357 e. The normalized spacial score (nSPS) is 12.3. The van der Waals surface area contributed by atoms with Crippen LogP contribution >= 0.6 is 24.0 Å². The van der Waals surface area contributed by atoms with E-state index in [1.54, 1.807) is 7.05 Å². The van der Waals surface area contributed by atoms with E-state index in [0.29, 0.717) is 12.1 Å². The van der Waals surface area contributed by atoms with Crippen LogP contribution in [0.1, 0.15) is 34.5 Å². The van der Waals surface area contributed by atoms with Crippen LogP contribution in [0.5, 0.6) is 0 Å². The molecule has 0 aliphatic rings. The fraction of sp³-hybridized carbons (Fsp3) is 0.476. The van der Waals surface area contributed by atoms with Crippen molar-refractivity contribution in [1.29, 1.82) is 0 Å². The Hall–Kier alpha value is -2.14. The van der Waals surface area contributed by atoms with Crippen LogP contribution in [0.15, 0.2) is 41.7 Å². The number of aliphatic imine (C=N–C) groups is 1. The molecular formula is C21H34IN7O. The summed E-state index contributed by atoms with van der Waals surface area (Å²) in [6.07, 6.45) is 4.72. The van der Waals surface area contributed by atoms with E-state index in [1.807, 2.05) is 62.5 Å². The predicted octanol–water partition coefficient (Wildman–Crippen LogP) is 1.80. The molecule has 1 aromatic carbocycles. The molecule has 0 radical (unpaired) electrons. The third-order valence-electron chi connectivity index (χ3n) is 4.62. The van der Waals surface area contributed by atoms with Crippen molar-refractivity contribution in [1.82, 2.24) is 30.6 Å². The van der Waals surface area contributed by atoms with Crippen LogP contribution in [-0.4, -0.2) is 67.3 Å². The molecule has 3 N–H and O–H groups in total. The number of nitrogens with zero attached hydrogens (tertiary/aromatic N) is 4. The molecule has 0 saturated carbocycles. The summed E-state index contributed by atoms with van der Waals surface area (Å²) in [5.41, 5.74) is 2.93. The molecule has 1 atom stereocenters. The highest BCUT2D eigenvalue weighted by Crippen LogP contribution is 2.17. The zero-order chi connectivity index (χ0) is 21.2. The molecule has 0 aliphatic carbocycles. The summed E-state index contributed by atoms with van der Waals surface area (Å²) >= 11 is 0. The first-order chi connectivity index (χ1) is 13.9. The Bertz CT molecular complexity index is 819. The molecule has 0 bridgehead atoms. The molecule has 1 aromatic heterocycles. The lowest BCUT2D eigenvalue weighted by atomic mass is 10.1. The van der Waals surface area contributed by atoms with E-state index in [9.17, 15) is 4.79 Å². The van der Waals surface area contributed by atoms with Gasteiger partial charge in [-0.1, -0.05) is 12.1 Å². The Labute approximate surface area is 196 Å². The van der Waals surface area contributed by atoms with E-state index in [2.05, 4.69) is 32.9 Å². The standard InChI is InChI=1S/C21H33N7O.HI/c1-6-23-21(25-14-19(27(3)4)18-13-26-28(5)15-18)24-11-10-16-8-7-9-17(12-16)20(29)22-2;/h7-9,12-13,15,19H,6,10-11,14H2,1-5H3,(H,22,29)(H2,23,24,25);1H. The molecule has 0 aliphatic heterocycles. The van der Waals surface area contributed by atoms with Crippen molar-refractivity contribution in [3.63, 3.8) is 0 Å². The molecule has 0 saturated heterocycles. The highest BCUT2D eigenvalue weighted by molar-refractivity contribution is 14.0. The van der Waals surface area contributed by atoms with Gasteiger partial charge in [0.25, 0.3) is 5.91 Å². The summed E-state index contributed by atoms with van der Waals surface area (Å²) in [6, 6.07) is 7.84. The first kappa shape index (κ1) is 25.9. The van der Waals surface area contributed by atoms with Gasteiger partial charge in [0.2, 0.25) is 0 Å². The summed E-state index contributed by atoms with van der Waals surface area (Å²) in [7, 11) is 7.66. The third-order valence-corrected chi connectivity index (χ3v) is 4.62. The minimum absolute atomic E-state index is 0. The van der Waals surface area contributed by atoms with Gasteiger partial charge in [0.15, 0.2) is 5.96 Å². The van der Waals surface area contributed by atoms with Crippen molar-refractivity contribution in [3.05, 3.63) is 53.3 Å². The zero-order valence-corrected chi connectivity index (χ0v) is 20.8. The van der Waals surface area contributed by atoms with Gasteiger partial charge in [0.05, 0.1) is 18.8 Å². The lowest BCUT2D eigenvalue weighted by molar-refractivity contribution is 0.0963. The summed E-state index contributed by atoms with van der Waals surface area (Å²) < 4.78 is 1.81. The molecule has 8 nitrogen and oxygen atoms in total.